The van der Waals surface area contributed by atoms with Gasteiger partial charge in [0.25, 0.3) is 0 Å². The predicted octanol–water partition coefficient (Wildman–Crippen LogP) is 1.05. The number of carbonyl (C=O) groups excluding carboxylic acids is 2. The van der Waals surface area contributed by atoms with Gasteiger partial charge in [-0.3, -0.25) is 9.59 Å². The van der Waals surface area contributed by atoms with Crippen LogP contribution in [-0.4, -0.2) is 36.9 Å². The fourth-order valence-corrected chi connectivity index (χ4v) is 1.76. The second-order valence-corrected chi connectivity index (χ2v) is 3.90. The van der Waals surface area contributed by atoms with Crippen LogP contribution in [0, 0.1) is 0 Å². The molecule has 1 fully saturated rings. The average molecular weight is 230 g/mol. The van der Waals surface area contributed by atoms with Crippen molar-refractivity contribution in [3.63, 3.8) is 0 Å². The van der Waals surface area contributed by atoms with Crippen molar-refractivity contribution in [1.29, 1.82) is 0 Å². The van der Waals surface area contributed by atoms with Crippen LogP contribution in [0.4, 0.5) is 0 Å². The molecule has 1 aliphatic rings. The molecule has 0 aliphatic carbocycles. The van der Waals surface area contributed by atoms with E-state index in [1.54, 1.807) is 0 Å². The second-order valence-electron chi connectivity index (χ2n) is 3.90. The minimum absolute atomic E-state index is 0.0659. The van der Waals surface area contributed by atoms with Crippen molar-refractivity contribution in [1.82, 2.24) is 0 Å². The summed E-state index contributed by atoms with van der Waals surface area (Å²) in [6, 6.07) is 0. The van der Waals surface area contributed by atoms with Gasteiger partial charge < -0.3 is 14.2 Å². The summed E-state index contributed by atoms with van der Waals surface area (Å²) in [7, 11) is 0. The highest BCUT2D eigenvalue weighted by Crippen LogP contribution is 2.22. The van der Waals surface area contributed by atoms with Crippen molar-refractivity contribution in [3.8, 4) is 0 Å². The molecule has 3 atom stereocenters. The van der Waals surface area contributed by atoms with Crippen molar-refractivity contribution in [2.45, 2.75) is 51.9 Å². The first-order chi connectivity index (χ1) is 7.52. The summed E-state index contributed by atoms with van der Waals surface area (Å²) in [5, 5.41) is 0. The van der Waals surface area contributed by atoms with Crippen molar-refractivity contribution in [2.75, 3.05) is 6.61 Å². The summed E-state index contributed by atoms with van der Waals surface area (Å²) in [5.74, 6) is -0.750. The fourth-order valence-electron chi connectivity index (χ4n) is 1.76. The molecule has 5 nitrogen and oxygen atoms in total. The first kappa shape index (κ1) is 13.0. The molecule has 1 aliphatic heterocycles. The molecule has 0 bridgehead atoms. The van der Waals surface area contributed by atoms with E-state index in [1.165, 1.54) is 13.8 Å². The van der Waals surface area contributed by atoms with Crippen molar-refractivity contribution in [3.05, 3.63) is 0 Å². The van der Waals surface area contributed by atoms with Gasteiger partial charge in [-0.25, -0.2) is 0 Å². The minimum Gasteiger partial charge on any atom is -0.458 e. The van der Waals surface area contributed by atoms with Crippen LogP contribution in [0.25, 0.3) is 0 Å². The van der Waals surface area contributed by atoms with Crippen LogP contribution in [0.3, 0.4) is 0 Å². The molecule has 0 spiro atoms. The van der Waals surface area contributed by atoms with Gasteiger partial charge in [0.1, 0.15) is 6.10 Å². The lowest BCUT2D eigenvalue weighted by Crippen LogP contribution is -2.45. The quantitative estimate of drug-likeness (QED) is 0.678. The van der Waals surface area contributed by atoms with Gasteiger partial charge in [-0.15, -0.1) is 0 Å². The SMILES string of the molecule is CC[C@@H]1C[C@H](OC(C)=O)[C@@H](OC(C)=O)CO1. The van der Waals surface area contributed by atoms with Crippen LogP contribution in [0.2, 0.25) is 0 Å². The smallest absolute Gasteiger partial charge is 0.303 e. The molecule has 1 rings (SSSR count). The molecule has 0 N–H and O–H groups in total. The van der Waals surface area contributed by atoms with Gasteiger partial charge in [0, 0.05) is 20.3 Å². The standard InChI is InChI=1S/C11H18O5/c1-4-9-5-10(15-7(2)12)11(6-14-9)16-8(3)13/h9-11H,4-6H2,1-3H3/t9-,10+,11+/m1/s1. The zero-order valence-electron chi connectivity index (χ0n) is 9.89. The van der Waals surface area contributed by atoms with Gasteiger partial charge in [-0.05, 0) is 6.42 Å². The Morgan fingerprint density at radius 1 is 1.19 bits per heavy atom. The summed E-state index contributed by atoms with van der Waals surface area (Å²) in [4.78, 5) is 21.8. The maximum Gasteiger partial charge on any atom is 0.303 e. The third-order valence-electron chi connectivity index (χ3n) is 2.50. The molecule has 0 radical (unpaired) electrons. The van der Waals surface area contributed by atoms with E-state index in [9.17, 15) is 9.59 Å². The Morgan fingerprint density at radius 3 is 2.25 bits per heavy atom. The van der Waals surface area contributed by atoms with Crippen molar-refractivity contribution >= 4 is 11.9 Å². The number of hydrogen-bond acceptors (Lipinski definition) is 5. The molecular formula is C11H18O5. The molecule has 1 saturated heterocycles. The van der Waals surface area contributed by atoms with Crippen LogP contribution in [-0.2, 0) is 23.8 Å². The predicted molar refractivity (Wildman–Crippen MR) is 55.8 cm³/mol. The lowest BCUT2D eigenvalue weighted by molar-refractivity contribution is -0.187. The molecule has 16 heavy (non-hydrogen) atoms. The van der Waals surface area contributed by atoms with E-state index < -0.39 is 6.10 Å². The summed E-state index contributed by atoms with van der Waals surface area (Å²) >= 11 is 0. The van der Waals surface area contributed by atoms with E-state index in [1.807, 2.05) is 6.92 Å². The summed E-state index contributed by atoms with van der Waals surface area (Å²) in [6.45, 7) is 4.97. The molecular weight excluding hydrogens is 212 g/mol. The molecule has 0 unspecified atom stereocenters. The van der Waals surface area contributed by atoms with Crippen LogP contribution in [0.1, 0.15) is 33.6 Å². The maximum absolute atomic E-state index is 10.9. The molecule has 0 aromatic rings. The Hall–Kier alpha value is -1.10. The lowest BCUT2D eigenvalue weighted by Gasteiger charge is -2.34. The monoisotopic (exact) mass is 230 g/mol. The first-order valence-corrected chi connectivity index (χ1v) is 5.49. The highest BCUT2D eigenvalue weighted by atomic mass is 16.6. The molecule has 1 heterocycles. The Bertz CT molecular complexity index is 263. The minimum atomic E-state index is -0.482. The van der Waals surface area contributed by atoms with Crippen LogP contribution >= 0.6 is 0 Å². The van der Waals surface area contributed by atoms with Gasteiger partial charge >= 0.3 is 11.9 Å². The van der Waals surface area contributed by atoms with E-state index in [0.717, 1.165) is 6.42 Å². The molecule has 92 valence electrons. The van der Waals surface area contributed by atoms with Crippen LogP contribution < -0.4 is 0 Å². The van der Waals surface area contributed by atoms with E-state index >= 15 is 0 Å². The number of esters is 2. The molecule has 0 amide bonds. The Morgan fingerprint density at radius 2 is 1.75 bits per heavy atom. The number of ether oxygens (including phenoxy) is 3. The topological polar surface area (TPSA) is 61.8 Å². The first-order valence-electron chi connectivity index (χ1n) is 5.49. The average Bonchev–Trinajstić information content (AvgIpc) is 2.19. The highest BCUT2D eigenvalue weighted by Gasteiger charge is 2.34. The summed E-state index contributed by atoms with van der Waals surface area (Å²) in [6.07, 6.45) is 0.624. The third-order valence-corrected chi connectivity index (χ3v) is 2.50. The molecule has 0 aromatic carbocycles. The maximum atomic E-state index is 10.9. The normalized spacial score (nSPS) is 29.6. The van der Waals surface area contributed by atoms with Crippen LogP contribution in [0.5, 0.6) is 0 Å². The zero-order chi connectivity index (χ0) is 12.1. The third kappa shape index (κ3) is 3.81. The molecule has 5 heteroatoms. The van der Waals surface area contributed by atoms with Gasteiger partial charge in [-0.2, -0.15) is 0 Å². The summed E-state index contributed by atoms with van der Waals surface area (Å²) < 4.78 is 15.7. The Kier molecular flexibility index (Phi) is 4.73. The van der Waals surface area contributed by atoms with Gasteiger partial charge in [0.05, 0.1) is 12.7 Å². The number of hydrogen-bond donors (Lipinski definition) is 0. The van der Waals surface area contributed by atoms with E-state index in [4.69, 9.17) is 14.2 Å². The summed E-state index contributed by atoms with van der Waals surface area (Å²) in [5.41, 5.74) is 0. The molecule has 0 aromatic heterocycles. The van der Waals surface area contributed by atoms with Crippen molar-refractivity contribution in [2.24, 2.45) is 0 Å². The van der Waals surface area contributed by atoms with Crippen LogP contribution in [0.15, 0.2) is 0 Å². The van der Waals surface area contributed by atoms with Gasteiger partial charge in [-0.1, -0.05) is 6.92 Å². The van der Waals surface area contributed by atoms with E-state index in [0.29, 0.717) is 6.42 Å². The number of rotatable bonds is 3. The van der Waals surface area contributed by atoms with E-state index in [2.05, 4.69) is 0 Å². The largest absolute Gasteiger partial charge is 0.458 e. The van der Waals surface area contributed by atoms with Crippen molar-refractivity contribution < 1.29 is 23.8 Å². The van der Waals surface area contributed by atoms with Gasteiger partial charge in [0.15, 0.2) is 6.10 Å². The Labute approximate surface area is 95.0 Å². The molecule has 0 saturated carbocycles. The lowest BCUT2D eigenvalue weighted by atomic mass is 10.0. The second kappa shape index (κ2) is 5.84. The fraction of sp³-hybridized carbons (Fsp3) is 0.818. The van der Waals surface area contributed by atoms with Gasteiger partial charge in [0.2, 0.25) is 0 Å². The number of carbonyl (C=O) groups is 2. The highest BCUT2D eigenvalue weighted by molar-refractivity contribution is 5.67. The zero-order valence-corrected chi connectivity index (χ0v) is 9.89. The van der Waals surface area contributed by atoms with E-state index in [-0.39, 0.29) is 30.8 Å². The Balaban J connectivity index is 2.59.